The Morgan fingerprint density at radius 2 is 1.93 bits per heavy atom. The highest BCUT2D eigenvalue weighted by atomic mass is 19.4. The van der Waals surface area contributed by atoms with Crippen LogP contribution >= 0.6 is 0 Å². The third-order valence-electron chi connectivity index (χ3n) is 4.92. The third kappa shape index (κ3) is 3.96. The van der Waals surface area contributed by atoms with E-state index < -0.39 is 23.5 Å². The Morgan fingerprint density at radius 3 is 2.57 bits per heavy atom. The molecular weight excluding hydrogens is 395 g/mol. The van der Waals surface area contributed by atoms with Gasteiger partial charge in [-0.2, -0.15) is 23.4 Å². The predicted octanol–water partition coefficient (Wildman–Crippen LogP) is 4.81. The number of hydrogen-bond donors (Lipinski definition) is 1. The van der Waals surface area contributed by atoms with Gasteiger partial charge >= 0.3 is 6.18 Å². The van der Waals surface area contributed by atoms with Crippen molar-refractivity contribution >= 4 is 17.2 Å². The van der Waals surface area contributed by atoms with E-state index in [-0.39, 0.29) is 5.69 Å². The van der Waals surface area contributed by atoms with Gasteiger partial charge in [0.15, 0.2) is 5.82 Å². The first kappa shape index (κ1) is 19.8. The molecule has 1 N–H and O–H groups in total. The molecule has 0 bridgehead atoms. The highest BCUT2D eigenvalue weighted by Crippen LogP contribution is 2.34. The number of pyridine rings is 1. The minimum absolute atomic E-state index is 0.0646. The molecule has 0 atom stereocenters. The van der Waals surface area contributed by atoms with Gasteiger partial charge in [-0.3, -0.25) is 4.79 Å². The van der Waals surface area contributed by atoms with Crippen LogP contribution in [-0.4, -0.2) is 25.9 Å². The van der Waals surface area contributed by atoms with E-state index in [4.69, 9.17) is 0 Å². The normalized spacial score (nSPS) is 13.9. The molecule has 6 nitrogen and oxygen atoms in total. The van der Waals surface area contributed by atoms with Gasteiger partial charge in [-0.05, 0) is 55.0 Å². The van der Waals surface area contributed by atoms with Crippen molar-refractivity contribution in [1.82, 2.24) is 20.0 Å². The Hall–Kier alpha value is -3.49. The Balaban J connectivity index is 1.60. The van der Waals surface area contributed by atoms with E-state index in [0.29, 0.717) is 5.56 Å². The van der Waals surface area contributed by atoms with Crippen LogP contribution in [0, 0.1) is 6.92 Å². The highest BCUT2D eigenvalue weighted by Gasteiger charge is 2.36. The summed E-state index contributed by atoms with van der Waals surface area (Å²) in [5, 5.41) is 9.91. The van der Waals surface area contributed by atoms with Crippen LogP contribution in [-0.2, 0) is 6.18 Å². The van der Waals surface area contributed by atoms with Gasteiger partial charge in [-0.1, -0.05) is 18.2 Å². The lowest BCUT2D eigenvalue weighted by molar-refractivity contribution is -0.137. The van der Waals surface area contributed by atoms with Gasteiger partial charge in [0.1, 0.15) is 5.56 Å². The molecule has 0 saturated heterocycles. The van der Waals surface area contributed by atoms with Crippen molar-refractivity contribution in [3.05, 3.63) is 71.2 Å². The van der Waals surface area contributed by atoms with Crippen LogP contribution in [0.4, 0.5) is 18.9 Å². The van der Waals surface area contributed by atoms with Crippen LogP contribution in [0.25, 0.3) is 11.4 Å². The fraction of sp³-hybridized carbons (Fsp3) is 0.238. The molecule has 3 aromatic rings. The Bertz CT molecular complexity index is 1120. The summed E-state index contributed by atoms with van der Waals surface area (Å²) in [6.45, 7) is 1.81. The van der Waals surface area contributed by atoms with Gasteiger partial charge in [-0.25, -0.2) is 4.98 Å². The number of carbonyl (C=O) groups excluding carboxylic acids is 1. The summed E-state index contributed by atoms with van der Waals surface area (Å²) in [6, 6.07) is 6.32. The molecule has 30 heavy (non-hydrogen) atoms. The fourth-order valence-electron chi connectivity index (χ4n) is 3.47. The minimum Gasteiger partial charge on any atom is -0.321 e. The number of hydrogen-bond acceptors (Lipinski definition) is 4. The van der Waals surface area contributed by atoms with Gasteiger partial charge in [-0.15, -0.1) is 4.80 Å². The Morgan fingerprint density at radius 1 is 1.17 bits per heavy atom. The third-order valence-corrected chi connectivity index (χ3v) is 4.92. The predicted molar refractivity (Wildman–Crippen MR) is 105 cm³/mol. The second-order valence-electron chi connectivity index (χ2n) is 7.02. The van der Waals surface area contributed by atoms with Crippen molar-refractivity contribution in [3.63, 3.8) is 0 Å². The molecule has 9 heteroatoms. The highest BCUT2D eigenvalue weighted by molar-refractivity contribution is 6.05. The standard InChI is InChI=1S/C21H18F3N5O/c1-13-10-15(14-4-2-3-5-14)6-7-17(13)20(30)28-16-11-18(21(22,23)24)19(25-12-16)29-26-8-9-27-29/h4,6-12H,2-3,5H2,1H3,(H,28,30). The molecule has 0 spiro atoms. The van der Waals surface area contributed by atoms with Crippen molar-refractivity contribution in [3.8, 4) is 5.82 Å². The number of halogens is 3. The summed E-state index contributed by atoms with van der Waals surface area (Å²) in [5.74, 6) is -0.963. The zero-order valence-corrected chi connectivity index (χ0v) is 16.1. The lowest BCUT2D eigenvalue weighted by Gasteiger charge is -2.14. The molecule has 154 valence electrons. The number of rotatable bonds is 4. The van der Waals surface area contributed by atoms with Gasteiger partial charge in [0.25, 0.3) is 5.91 Å². The first-order valence-electron chi connectivity index (χ1n) is 9.38. The average molecular weight is 413 g/mol. The smallest absolute Gasteiger partial charge is 0.321 e. The number of nitrogens with zero attached hydrogens (tertiary/aromatic N) is 4. The van der Waals surface area contributed by atoms with Gasteiger partial charge < -0.3 is 5.32 Å². The average Bonchev–Trinajstić information content (AvgIpc) is 3.41. The second-order valence-corrected chi connectivity index (χ2v) is 7.02. The zero-order valence-electron chi connectivity index (χ0n) is 16.1. The molecular formula is C21H18F3N5O. The van der Waals surface area contributed by atoms with Crippen LogP contribution in [0.1, 0.15) is 46.3 Å². The number of amides is 1. The zero-order chi connectivity index (χ0) is 21.3. The van der Waals surface area contributed by atoms with E-state index in [9.17, 15) is 18.0 Å². The summed E-state index contributed by atoms with van der Waals surface area (Å²) < 4.78 is 40.5. The van der Waals surface area contributed by atoms with E-state index in [1.165, 1.54) is 18.0 Å². The summed E-state index contributed by atoms with van der Waals surface area (Å²) in [5.41, 5.74) is 2.36. The fourth-order valence-corrected chi connectivity index (χ4v) is 3.47. The number of alkyl halides is 3. The topological polar surface area (TPSA) is 72.7 Å². The van der Waals surface area contributed by atoms with Crippen molar-refractivity contribution < 1.29 is 18.0 Å². The molecule has 0 aliphatic heterocycles. The Kier molecular flexibility index (Phi) is 5.11. The van der Waals surface area contributed by atoms with Crippen molar-refractivity contribution in [1.29, 1.82) is 0 Å². The van der Waals surface area contributed by atoms with Crippen molar-refractivity contribution in [2.45, 2.75) is 32.4 Å². The lowest BCUT2D eigenvalue weighted by Crippen LogP contribution is -2.18. The van der Waals surface area contributed by atoms with Gasteiger partial charge in [0, 0.05) is 5.56 Å². The number of aromatic nitrogens is 4. The van der Waals surface area contributed by atoms with Gasteiger partial charge in [0.2, 0.25) is 0 Å². The molecule has 1 aromatic carbocycles. The number of benzene rings is 1. The summed E-state index contributed by atoms with van der Waals surface area (Å²) in [6.07, 6.45) is 4.34. The summed E-state index contributed by atoms with van der Waals surface area (Å²) >= 11 is 0. The van der Waals surface area contributed by atoms with Gasteiger partial charge in [0.05, 0.1) is 24.3 Å². The van der Waals surface area contributed by atoms with Crippen LogP contribution < -0.4 is 5.32 Å². The van der Waals surface area contributed by atoms with E-state index in [1.54, 1.807) is 13.0 Å². The van der Waals surface area contributed by atoms with Crippen LogP contribution in [0.5, 0.6) is 0 Å². The van der Waals surface area contributed by atoms with E-state index >= 15 is 0 Å². The first-order chi connectivity index (χ1) is 14.3. The number of nitrogens with one attached hydrogen (secondary N) is 1. The largest absolute Gasteiger partial charge is 0.420 e. The second kappa shape index (κ2) is 7.74. The molecule has 2 heterocycles. The first-order valence-corrected chi connectivity index (χ1v) is 9.38. The number of allylic oxidation sites excluding steroid dienone is 2. The van der Waals surface area contributed by atoms with E-state index in [1.807, 2.05) is 12.1 Å². The maximum Gasteiger partial charge on any atom is 0.420 e. The van der Waals surface area contributed by atoms with E-state index in [2.05, 4.69) is 26.6 Å². The minimum atomic E-state index is -4.69. The molecule has 4 rings (SSSR count). The van der Waals surface area contributed by atoms with E-state index in [0.717, 1.165) is 47.4 Å². The summed E-state index contributed by atoms with van der Waals surface area (Å²) in [4.78, 5) is 17.3. The molecule has 1 aliphatic carbocycles. The number of anilines is 1. The number of carbonyl (C=O) groups is 1. The van der Waals surface area contributed by atoms with Crippen LogP contribution in [0.2, 0.25) is 0 Å². The molecule has 2 aromatic heterocycles. The molecule has 0 fully saturated rings. The maximum absolute atomic E-state index is 13.5. The Labute approximate surface area is 170 Å². The lowest BCUT2D eigenvalue weighted by atomic mass is 9.99. The number of aryl methyl sites for hydroxylation is 1. The van der Waals surface area contributed by atoms with Crippen LogP contribution in [0.15, 0.2) is 48.9 Å². The molecule has 1 aliphatic rings. The molecule has 0 saturated carbocycles. The molecule has 1 amide bonds. The monoisotopic (exact) mass is 413 g/mol. The molecule has 0 unspecified atom stereocenters. The quantitative estimate of drug-likeness (QED) is 0.666. The molecule has 0 radical (unpaired) electrons. The van der Waals surface area contributed by atoms with Crippen LogP contribution in [0.3, 0.4) is 0 Å². The van der Waals surface area contributed by atoms with Crippen molar-refractivity contribution in [2.24, 2.45) is 0 Å². The maximum atomic E-state index is 13.5. The SMILES string of the molecule is Cc1cc(C2=CCCC2)ccc1C(=O)Nc1cnc(-n2nccn2)c(C(F)(F)F)c1. The van der Waals surface area contributed by atoms with Crippen molar-refractivity contribution in [2.75, 3.05) is 5.32 Å². The summed E-state index contributed by atoms with van der Waals surface area (Å²) in [7, 11) is 0.